The van der Waals surface area contributed by atoms with Crippen LogP contribution in [-0.2, 0) is 4.74 Å². The van der Waals surface area contributed by atoms with Crippen molar-refractivity contribution in [1.82, 2.24) is 5.32 Å². The molecular formula is C12H25NO2. The summed E-state index contributed by atoms with van der Waals surface area (Å²) in [6.07, 6.45) is 3.30. The highest BCUT2D eigenvalue weighted by molar-refractivity contribution is 4.79. The highest BCUT2D eigenvalue weighted by Crippen LogP contribution is 2.21. The van der Waals surface area contributed by atoms with Crippen LogP contribution in [0.5, 0.6) is 0 Å². The summed E-state index contributed by atoms with van der Waals surface area (Å²) in [6, 6.07) is 0.634. The topological polar surface area (TPSA) is 41.5 Å². The van der Waals surface area contributed by atoms with Crippen molar-refractivity contribution in [1.29, 1.82) is 0 Å². The molecule has 1 rings (SSSR count). The molecule has 2 atom stereocenters. The molecule has 1 aliphatic rings. The van der Waals surface area contributed by atoms with E-state index in [2.05, 4.69) is 26.1 Å². The SMILES string of the molecule is CC(C)(C)CC(CO)NC1CCCOC1. The maximum atomic E-state index is 9.32. The molecule has 0 radical (unpaired) electrons. The van der Waals surface area contributed by atoms with Gasteiger partial charge in [-0.25, -0.2) is 0 Å². The van der Waals surface area contributed by atoms with Crippen LogP contribution < -0.4 is 5.32 Å². The Morgan fingerprint density at radius 3 is 2.67 bits per heavy atom. The van der Waals surface area contributed by atoms with Crippen LogP contribution in [0.15, 0.2) is 0 Å². The Bertz CT molecular complexity index is 171. The minimum Gasteiger partial charge on any atom is -0.395 e. The molecule has 0 amide bonds. The molecule has 0 aliphatic carbocycles. The van der Waals surface area contributed by atoms with Gasteiger partial charge in [-0.2, -0.15) is 0 Å². The first kappa shape index (κ1) is 12.9. The van der Waals surface area contributed by atoms with Gasteiger partial charge in [-0.05, 0) is 24.7 Å². The van der Waals surface area contributed by atoms with Gasteiger partial charge in [-0.1, -0.05) is 20.8 Å². The molecule has 15 heavy (non-hydrogen) atoms. The van der Waals surface area contributed by atoms with Gasteiger partial charge in [0.25, 0.3) is 0 Å². The lowest BCUT2D eigenvalue weighted by Crippen LogP contribution is -2.46. The molecule has 0 bridgehead atoms. The van der Waals surface area contributed by atoms with Crippen LogP contribution in [0.1, 0.15) is 40.0 Å². The van der Waals surface area contributed by atoms with E-state index in [1.54, 1.807) is 0 Å². The smallest absolute Gasteiger partial charge is 0.0619 e. The van der Waals surface area contributed by atoms with Crippen molar-refractivity contribution in [2.75, 3.05) is 19.8 Å². The summed E-state index contributed by atoms with van der Waals surface area (Å²) < 4.78 is 5.41. The Hall–Kier alpha value is -0.120. The molecule has 90 valence electrons. The van der Waals surface area contributed by atoms with E-state index in [0.29, 0.717) is 6.04 Å². The molecule has 1 saturated heterocycles. The van der Waals surface area contributed by atoms with Crippen LogP contribution in [0.25, 0.3) is 0 Å². The molecule has 3 heteroatoms. The minimum atomic E-state index is 0.205. The average Bonchev–Trinajstić information content (AvgIpc) is 2.16. The summed E-state index contributed by atoms with van der Waals surface area (Å²) in [4.78, 5) is 0. The third-order valence-electron chi connectivity index (χ3n) is 2.71. The van der Waals surface area contributed by atoms with E-state index in [0.717, 1.165) is 26.1 Å². The average molecular weight is 215 g/mol. The summed E-state index contributed by atoms with van der Waals surface area (Å²) in [5.74, 6) is 0. The molecule has 3 nitrogen and oxygen atoms in total. The summed E-state index contributed by atoms with van der Waals surface area (Å²) in [6.45, 7) is 8.51. The molecule has 1 fully saturated rings. The standard InChI is InChI=1S/C12H25NO2/c1-12(2,3)7-11(8-14)13-10-5-4-6-15-9-10/h10-11,13-14H,4-9H2,1-3H3. The Balaban J connectivity index is 2.31. The van der Waals surface area contributed by atoms with E-state index in [-0.39, 0.29) is 18.1 Å². The van der Waals surface area contributed by atoms with Crippen molar-refractivity contribution in [3.63, 3.8) is 0 Å². The molecule has 0 aromatic carbocycles. The molecular weight excluding hydrogens is 190 g/mol. The maximum absolute atomic E-state index is 9.32. The quantitative estimate of drug-likeness (QED) is 0.747. The predicted octanol–water partition coefficient (Wildman–Crippen LogP) is 1.55. The van der Waals surface area contributed by atoms with Crippen molar-refractivity contribution >= 4 is 0 Å². The zero-order chi connectivity index (χ0) is 11.3. The number of hydrogen-bond donors (Lipinski definition) is 2. The van der Waals surface area contributed by atoms with Gasteiger partial charge in [-0.15, -0.1) is 0 Å². The molecule has 0 aromatic rings. The second kappa shape index (κ2) is 5.83. The monoisotopic (exact) mass is 215 g/mol. The van der Waals surface area contributed by atoms with Crippen molar-refractivity contribution < 1.29 is 9.84 Å². The van der Waals surface area contributed by atoms with Crippen LogP contribution in [0.3, 0.4) is 0 Å². The molecule has 2 unspecified atom stereocenters. The van der Waals surface area contributed by atoms with E-state index in [4.69, 9.17) is 4.74 Å². The number of hydrogen-bond acceptors (Lipinski definition) is 3. The largest absolute Gasteiger partial charge is 0.395 e. The van der Waals surface area contributed by atoms with Crippen molar-refractivity contribution in [2.45, 2.75) is 52.1 Å². The van der Waals surface area contributed by atoms with Crippen LogP contribution in [0.2, 0.25) is 0 Å². The summed E-state index contributed by atoms with van der Waals surface area (Å²) in [7, 11) is 0. The fraction of sp³-hybridized carbons (Fsp3) is 1.00. The van der Waals surface area contributed by atoms with Gasteiger partial charge < -0.3 is 15.2 Å². The number of ether oxygens (including phenoxy) is 1. The molecule has 2 N–H and O–H groups in total. The van der Waals surface area contributed by atoms with Gasteiger partial charge in [0, 0.05) is 18.7 Å². The lowest BCUT2D eigenvalue weighted by atomic mass is 9.88. The number of rotatable bonds is 4. The van der Waals surface area contributed by atoms with Crippen molar-refractivity contribution in [3.05, 3.63) is 0 Å². The van der Waals surface area contributed by atoms with Crippen LogP contribution >= 0.6 is 0 Å². The van der Waals surface area contributed by atoms with E-state index >= 15 is 0 Å². The molecule has 1 heterocycles. The second-order valence-electron chi connectivity index (χ2n) is 5.73. The summed E-state index contributed by atoms with van der Waals surface area (Å²) in [5.41, 5.74) is 0.260. The Kier molecular flexibility index (Phi) is 5.03. The van der Waals surface area contributed by atoms with Crippen molar-refractivity contribution in [3.8, 4) is 0 Å². The van der Waals surface area contributed by atoms with Crippen LogP contribution in [-0.4, -0.2) is 37.0 Å². The van der Waals surface area contributed by atoms with E-state index in [9.17, 15) is 5.11 Å². The highest BCUT2D eigenvalue weighted by Gasteiger charge is 2.22. The van der Waals surface area contributed by atoms with Gasteiger partial charge in [0.05, 0.1) is 13.2 Å². The Morgan fingerprint density at radius 2 is 2.20 bits per heavy atom. The summed E-state index contributed by atoms with van der Waals surface area (Å²) >= 11 is 0. The molecule has 0 aromatic heterocycles. The number of aliphatic hydroxyl groups is 1. The zero-order valence-electron chi connectivity index (χ0n) is 10.3. The summed E-state index contributed by atoms with van der Waals surface area (Å²) in [5, 5.41) is 12.8. The second-order valence-corrected chi connectivity index (χ2v) is 5.73. The molecule has 0 spiro atoms. The first-order valence-electron chi connectivity index (χ1n) is 5.96. The van der Waals surface area contributed by atoms with Crippen LogP contribution in [0, 0.1) is 5.41 Å². The number of aliphatic hydroxyl groups excluding tert-OH is 1. The highest BCUT2D eigenvalue weighted by atomic mass is 16.5. The lowest BCUT2D eigenvalue weighted by Gasteiger charge is -2.31. The predicted molar refractivity (Wildman–Crippen MR) is 61.9 cm³/mol. The van der Waals surface area contributed by atoms with Gasteiger partial charge in [0.2, 0.25) is 0 Å². The van der Waals surface area contributed by atoms with Crippen LogP contribution in [0.4, 0.5) is 0 Å². The maximum Gasteiger partial charge on any atom is 0.0619 e. The van der Waals surface area contributed by atoms with E-state index < -0.39 is 0 Å². The Morgan fingerprint density at radius 1 is 1.47 bits per heavy atom. The van der Waals surface area contributed by atoms with E-state index in [1.165, 1.54) is 6.42 Å². The van der Waals surface area contributed by atoms with E-state index in [1.807, 2.05) is 0 Å². The first-order chi connectivity index (χ1) is 7.01. The van der Waals surface area contributed by atoms with Gasteiger partial charge in [-0.3, -0.25) is 0 Å². The minimum absolute atomic E-state index is 0.205. The fourth-order valence-electron chi connectivity index (χ4n) is 2.12. The fourth-order valence-corrected chi connectivity index (χ4v) is 2.12. The first-order valence-corrected chi connectivity index (χ1v) is 5.96. The Labute approximate surface area is 93.2 Å². The number of nitrogens with one attached hydrogen (secondary N) is 1. The lowest BCUT2D eigenvalue weighted by molar-refractivity contribution is 0.0587. The third-order valence-corrected chi connectivity index (χ3v) is 2.71. The van der Waals surface area contributed by atoms with Gasteiger partial charge in [0.15, 0.2) is 0 Å². The van der Waals surface area contributed by atoms with Gasteiger partial charge >= 0.3 is 0 Å². The van der Waals surface area contributed by atoms with Gasteiger partial charge in [0.1, 0.15) is 0 Å². The van der Waals surface area contributed by atoms with Crippen molar-refractivity contribution in [2.24, 2.45) is 5.41 Å². The normalized spacial score (nSPS) is 25.2. The molecule has 0 saturated carbocycles. The zero-order valence-corrected chi connectivity index (χ0v) is 10.3. The molecule has 1 aliphatic heterocycles. The third kappa shape index (κ3) is 5.50.